The minimum absolute atomic E-state index is 0.0862. The average molecular weight is 467 g/mol. The first kappa shape index (κ1) is 25.3. The molecule has 1 unspecified atom stereocenters. The van der Waals surface area contributed by atoms with Gasteiger partial charge in [0.05, 0.1) is 0 Å². The summed E-state index contributed by atoms with van der Waals surface area (Å²) >= 11 is 0. The fourth-order valence-electron chi connectivity index (χ4n) is 4.32. The summed E-state index contributed by atoms with van der Waals surface area (Å²) in [6.07, 6.45) is 0.294. The number of carbonyl (C=O) groups excluding carboxylic acids is 2. The van der Waals surface area contributed by atoms with Crippen molar-refractivity contribution in [3.05, 3.63) is 59.7 Å². The van der Waals surface area contributed by atoms with E-state index in [4.69, 9.17) is 4.74 Å². The molecule has 0 radical (unpaired) electrons. The lowest BCUT2D eigenvalue weighted by Gasteiger charge is -2.24. The van der Waals surface area contributed by atoms with Crippen LogP contribution in [-0.2, 0) is 14.3 Å². The van der Waals surface area contributed by atoms with Gasteiger partial charge in [-0.25, -0.2) is 9.59 Å². The van der Waals surface area contributed by atoms with E-state index in [-0.39, 0.29) is 18.4 Å². The van der Waals surface area contributed by atoms with Gasteiger partial charge in [-0.1, -0.05) is 76.2 Å². The Morgan fingerprint density at radius 3 is 1.94 bits per heavy atom. The van der Waals surface area contributed by atoms with Crippen LogP contribution in [0.5, 0.6) is 0 Å². The quantitative estimate of drug-likeness (QED) is 0.476. The first-order chi connectivity index (χ1) is 16.2. The monoisotopic (exact) mass is 466 g/mol. The zero-order valence-electron chi connectivity index (χ0n) is 20.2. The third kappa shape index (κ3) is 5.95. The van der Waals surface area contributed by atoms with Crippen LogP contribution in [0, 0.1) is 11.8 Å². The molecule has 7 heteroatoms. The van der Waals surface area contributed by atoms with E-state index in [2.05, 4.69) is 22.8 Å². The summed E-state index contributed by atoms with van der Waals surface area (Å²) in [5.41, 5.74) is 4.47. The molecule has 1 aliphatic rings. The second kappa shape index (κ2) is 11.2. The Hall–Kier alpha value is -3.35. The predicted molar refractivity (Wildman–Crippen MR) is 130 cm³/mol. The number of benzene rings is 2. The van der Waals surface area contributed by atoms with E-state index in [1.165, 1.54) is 0 Å². The third-order valence-corrected chi connectivity index (χ3v) is 6.21. The molecule has 2 aromatic rings. The van der Waals surface area contributed by atoms with Crippen molar-refractivity contribution < 1.29 is 24.2 Å². The number of amides is 2. The van der Waals surface area contributed by atoms with Crippen molar-refractivity contribution in [3.8, 4) is 11.1 Å². The Morgan fingerprint density at radius 2 is 1.44 bits per heavy atom. The van der Waals surface area contributed by atoms with Gasteiger partial charge in [-0.05, 0) is 46.9 Å². The molecule has 0 aliphatic heterocycles. The van der Waals surface area contributed by atoms with Gasteiger partial charge in [-0.2, -0.15) is 0 Å². The van der Waals surface area contributed by atoms with Gasteiger partial charge in [-0.15, -0.1) is 0 Å². The van der Waals surface area contributed by atoms with Gasteiger partial charge in [0.1, 0.15) is 18.7 Å². The molecule has 1 aliphatic carbocycles. The highest BCUT2D eigenvalue weighted by molar-refractivity contribution is 5.89. The number of nitrogens with one attached hydrogen (secondary N) is 2. The molecule has 0 saturated heterocycles. The summed E-state index contributed by atoms with van der Waals surface area (Å²) < 4.78 is 5.56. The van der Waals surface area contributed by atoms with E-state index >= 15 is 0 Å². The van der Waals surface area contributed by atoms with Crippen molar-refractivity contribution in [3.63, 3.8) is 0 Å². The number of rotatable bonds is 10. The number of hydrogen-bond acceptors (Lipinski definition) is 4. The standard InChI is InChI=1S/C27H34N2O5/c1-16(2)13-14-23(26(31)32)28-25(30)24(17(3)4)29-27(33)34-15-22-20-11-7-5-9-18(20)19-10-6-8-12-21(19)22/h5-12,16-17,22-24H,13-15H2,1-4H3,(H,28,30)(H,29,33)(H,31,32)/t23?,24-/m1/s1. The Labute approximate surface area is 200 Å². The second-order valence-electron chi connectivity index (χ2n) is 9.56. The first-order valence-corrected chi connectivity index (χ1v) is 11.8. The summed E-state index contributed by atoms with van der Waals surface area (Å²) in [5.74, 6) is -1.63. The van der Waals surface area contributed by atoms with Gasteiger partial charge in [0.15, 0.2) is 0 Å². The van der Waals surface area contributed by atoms with Gasteiger partial charge in [-0.3, -0.25) is 4.79 Å². The highest BCUT2D eigenvalue weighted by atomic mass is 16.5. The molecule has 2 atom stereocenters. The maximum atomic E-state index is 12.8. The Bertz CT molecular complexity index is 988. The molecule has 2 amide bonds. The molecule has 3 rings (SSSR count). The van der Waals surface area contributed by atoms with Gasteiger partial charge in [0, 0.05) is 5.92 Å². The lowest BCUT2D eigenvalue weighted by atomic mass is 9.98. The molecule has 0 aromatic heterocycles. The smallest absolute Gasteiger partial charge is 0.407 e. The van der Waals surface area contributed by atoms with Crippen molar-refractivity contribution in [2.45, 2.75) is 58.5 Å². The number of hydrogen-bond donors (Lipinski definition) is 3. The van der Waals surface area contributed by atoms with Gasteiger partial charge in [0.25, 0.3) is 0 Å². The number of ether oxygens (including phenoxy) is 1. The van der Waals surface area contributed by atoms with E-state index < -0.39 is 30.1 Å². The van der Waals surface area contributed by atoms with Crippen LogP contribution in [0.1, 0.15) is 57.6 Å². The summed E-state index contributed by atoms with van der Waals surface area (Å²) in [4.78, 5) is 37.1. The van der Waals surface area contributed by atoms with Crippen LogP contribution in [-0.4, -0.2) is 41.8 Å². The van der Waals surface area contributed by atoms with Crippen LogP contribution in [0.4, 0.5) is 4.79 Å². The van der Waals surface area contributed by atoms with E-state index in [1.54, 1.807) is 13.8 Å². The Balaban J connectivity index is 1.63. The zero-order valence-corrected chi connectivity index (χ0v) is 20.2. The molecule has 3 N–H and O–H groups in total. The molecular weight excluding hydrogens is 432 g/mol. The average Bonchev–Trinajstić information content (AvgIpc) is 3.12. The van der Waals surface area contributed by atoms with Gasteiger partial charge in [0.2, 0.25) is 5.91 Å². The first-order valence-electron chi connectivity index (χ1n) is 11.8. The molecule has 2 aromatic carbocycles. The van der Waals surface area contributed by atoms with Crippen LogP contribution in [0.2, 0.25) is 0 Å². The predicted octanol–water partition coefficient (Wildman–Crippen LogP) is 4.56. The number of carbonyl (C=O) groups is 3. The molecule has 0 fully saturated rings. The van der Waals surface area contributed by atoms with Gasteiger partial charge >= 0.3 is 12.1 Å². The number of alkyl carbamates (subject to hydrolysis) is 1. The van der Waals surface area contributed by atoms with Crippen LogP contribution in [0.15, 0.2) is 48.5 Å². The highest BCUT2D eigenvalue weighted by Gasteiger charge is 2.31. The molecular formula is C27H34N2O5. The Kier molecular flexibility index (Phi) is 8.31. The van der Waals surface area contributed by atoms with E-state index in [9.17, 15) is 19.5 Å². The topological polar surface area (TPSA) is 105 Å². The van der Waals surface area contributed by atoms with Crippen LogP contribution < -0.4 is 10.6 Å². The lowest BCUT2D eigenvalue weighted by molar-refractivity contribution is -0.142. The number of carboxylic acids is 1. The third-order valence-electron chi connectivity index (χ3n) is 6.21. The maximum absolute atomic E-state index is 12.8. The molecule has 7 nitrogen and oxygen atoms in total. The lowest BCUT2D eigenvalue weighted by Crippen LogP contribution is -2.53. The highest BCUT2D eigenvalue weighted by Crippen LogP contribution is 2.44. The minimum Gasteiger partial charge on any atom is -0.480 e. The zero-order chi connectivity index (χ0) is 24.8. The van der Waals surface area contributed by atoms with Crippen LogP contribution in [0.25, 0.3) is 11.1 Å². The number of aliphatic carboxylic acids is 1. The molecule has 0 heterocycles. The van der Waals surface area contributed by atoms with Crippen molar-refractivity contribution in [2.24, 2.45) is 11.8 Å². The molecule has 34 heavy (non-hydrogen) atoms. The summed E-state index contributed by atoms with van der Waals surface area (Å²) in [6, 6.07) is 14.2. The Morgan fingerprint density at radius 1 is 0.882 bits per heavy atom. The summed E-state index contributed by atoms with van der Waals surface area (Å²) in [6.45, 7) is 7.71. The summed E-state index contributed by atoms with van der Waals surface area (Å²) in [7, 11) is 0. The van der Waals surface area contributed by atoms with Gasteiger partial charge < -0.3 is 20.5 Å². The molecule has 0 bridgehead atoms. The molecule has 0 spiro atoms. The second-order valence-corrected chi connectivity index (χ2v) is 9.56. The fraction of sp³-hybridized carbons (Fsp3) is 0.444. The SMILES string of the molecule is CC(C)CCC(NC(=O)[C@H](NC(=O)OCC1c2ccccc2-c2ccccc21)C(C)C)C(=O)O. The summed E-state index contributed by atoms with van der Waals surface area (Å²) in [5, 5.41) is 14.7. The number of carboxylic acid groups (broad SMARTS) is 1. The van der Waals surface area contributed by atoms with E-state index in [0.29, 0.717) is 18.8 Å². The van der Waals surface area contributed by atoms with Crippen LogP contribution in [0.3, 0.4) is 0 Å². The maximum Gasteiger partial charge on any atom is 0.407 e. The van der Waals surface area contributed by atoms with Crippen molar-refractivity contribution in [2.75, 3.05) is 6.61 Å². The number of fused-ring (bicyclic) bond motifs is 3. The van der Waals surface area contributed by atoms with Crippen LogP contribution >= 0.6 is 0 Å². The largest absolute Gasteiger partial charge is 0.480 e. The minimum atomic E-state index is -1.09. The molecule has 0 saturated carbocycles. The van der Waals surface area contributed by atoms with Crippen molar-refractivity contribution in [1.82, 2.24) is 10.6 Å². The fourth-order valence-corrected chi connectivity index (χ4v) is 4.32. The normalized spacial score (nSPS) is 14.3. The molecule has 182 valence electrons. The van der Waals surface area contributed by atoms with E-state index in [1.807, 2.05) is 50.2 Å². The van der Waals surface area contributed by atoms with Crippen molar-refractivity contribution in [1.29, 1.82) is 0 Å². The van der Waals surface area contributed by atoms with Crippen molar-refractivity contribution >= 4 is 18.0 Å². The van der Waals surface area contributed by atoms with E-state index in [0.717, 1.165) is 22.3 Å².